The molecule has 8 nitrogen and oxygen atoms in total. The van der Waals surface area contributed by atoms with Gasteiger partial charge in [0.25, 0.3) is 5.91 Å². The highest BCUT2D eigenvalue weighted by Crippen LogP contribution is 2.15. The first-order valence-electron chi connectivity index (χ1n) is 6.71. The Balaban J connectivity index is 2.96. The SMILES string of the molecule is COC(=O)C[C@@H](NC(=O)c1ccccc1NC(C)=O)C(=O)OC. The molecule has 0 radical (unpaired) electrons. The van der Waals surface area contributed by atoms with Crippen LogP contribution in [-0.4, -0.2) is 44.0 Å². The fourth-order valence-corrected chi connectivity index (χ4v) is 1.80. The molecule has 0 aromatic heterocycles. The van der Waals surface area contributed by atoms with Crippen LogP contribution in [0.25, 0.3) is 0 Å². The van der Waals surface area contributed by atoms with Crippen LogP contribution in [0.5, 0.6) is 0 Å². The first-order chi connectivity index (χ1) is 10.9. The summed E-state index contributed by atoms with van der Waals surface area (Å²) in [7, 11) is 2.31. The summed E-state index contributed by atoms with van der Waals surface area (Å²) in [6, 6.07) is 5.09. The number of rotatable bonds is 6. The summed E-state index contributed by atoms with van der Waals surface area (Å²) < 4.78 is 9.04. The summed E-state index contributed by atoms with van der Waals surface area (Å²) in [6.07, 6.45) is -0.364. The van der Waals surface area contributed by atoms with Gasteiger partial charge in [-0.15, -0.1) is 0 Å². The van der Waals surface area contributed by atoms with E-state index in [0.29, 0.717) is 5.69 Å². The van der Waals surface area contributed by atoms with Gasteiger partial charge in [-0.1, -0.05) is 12.1 Å². The Bertz CT molecular complexity index is 614. The Labute approximate surface area is 133 Å². The molecular weight excluding hydrogens is 304 g/mol. The summed E-state index contributed by atoms with van der Waals surface area (Å²) in [5, 5.41) is 4.91. The molecule has 2 amide bonds. The fourth-order valence-electron chi connectivity index (χ4n) is 1.80. The highest BCUT2D eigenvalue weighted by Gasteiger charge is 2.26. The van der Waals surface area contributed by atoms with Crippen molar-refractivity contribution >= 4 is 29.4 Å². The van der Waals surface area contributed by atoms with Gasteiger partial charge in [-0.05, 0) is 12.1 Å². The second-order valence-corrected chi connectivity index (χ2v) is 4.56. The van der Waals surface area contributed by atoms with Crippen LogP contribution in [0.3, 0.4) is 0 Å². The maximum Gasteiger partial charge on any atom is 0.328 e. The summed E-state index contributed by atoms with van der Waals surface area (Å²) >= 11 is 0. The van der Waals surface area contributed by atoms with E-state index in [1.807, 2.05) is 0 Å². The molecule has 1 atom stereocenters. The summed E-state index contributed by atoms with van der Waals surface area (Å²) in [5.74, 6) is -2.42. The molecule has 1 aromatic carbocycles. The molecule has 0 heterocycles. The molecule has 8 heteroatoms. The molecule has 0 unspecified atom stereocenters. The molecule has 0 bridgehead atoms. The predicted molar refractivity (Wildman–Crippen MR) is 80.6 cm³/mol. The van der Waals surface area contributed by atoms with E-state index in [0.717, 1.165) is 7.11 Å². The minimum atomic E-state index is -1.19. The van der Waals surface area contributed by atoms with Crippen molar-refractivity contribution in [3.05, 3.63) is 29.8 Å². The van der Waals surface area contributed by atoms with Crippen molar-refractivity contribution in [3.8, 4) is 0 Å². The third kappa shape index (κ3) is 5.42. The minimum absolute atomic E-state index is 0.154. The zero-order valence-corrected chi connectivity index (χ0v) is 13.0. The monoisotopic (exact) mass is 322 g/mol. The second-order valence-electron chi connectivity index (χ2n) is 4.56. The average Bonchev–Trinajstić information content (AvgIpc) is 2.53. The predicted octanol–water partition coefficient (Wildman–Crippen LogP) is 0.479. The maximum atomic E-state index is 12.3. The average molecular weight is 322 g/mol. The van der Waals surface area contributed by atoms with Crippen molar-refractivity contribution in [2.75, 3.05) is 19.5 Å². The van der Waals surface area contributed by atoms with E-state index in [9.17, 15) is 19.2 Å². The number of hydrogen-bond acceptors (Lipinski definition) is 6. The smallest absolute Gasteiger partial charge is 0.328 e. The summed E-state index contributed by atoms with van der Waals surface area (Å²) in [6.45, 7) is 1.31. The van der Waals surface area contributed by atoms with Gasteiger partial charge in [0.05, 0.1) is 31.9 Å². The molecule has 0 aliphatic rings. The lowest BCUT2D eigenvalue weighted by molar-refractivity contribution is -0.149. The van der Waals surface area contributed by atoms with Gasteiger partial charge in [0.2, 0.25) is 5.91 Å². The van der Waals surface area contributed by atoms with Crippen molar-refractivity contribution in [3.63, 3.8) is 0 Å². The first-order valence-corrected chi connectivity index (χ1v) is 6.71. The van der Waals surface area contributed by atoms with Gasteiger partial charge in [0.1, 0.15) is 6.04 Å². The number of anilines is 1. The number of para-hydroxylation sites is 1. The first kappa shape index (κ1) is 18.1. The molecule has 2 N–H and O–H groups in total. The van der Waals surface area contributed by atoms with Crippen LogP contribution in [-0.2, 0) is 23.9 Å². The van der Waals surface area contributed by atoms with E-state index < -0.39 is 23.9 Å². The standard InChI is InChI=1S/C15H18N2O6/c1-9(18)16-11-7-5-4-6-10(11)14(20)17-12(15(21)23-3)8-13(19)22-2/h4-7,12H,8H2,1-3H3,(H,16,18)(H,17,20)/t12-/m1/s1. The van der Waals surface area contributed by atoms with Crippen molar-refractivity contribution in [1.29, 1.82) is 0 Å². The molecule has 1 rings (SSSR count). The number of methoxy groups -OCH3 is 2. The molecule has 0 aliphatic heterocycles. The maximum absolute atomic E-state index is 12.3. The summed E-state index contributed by atoms with van der Waals surface area (Å²) in [4.78, 5) is 46.5. The largest absolute Gasteiger partial charge is 0.469 e. The van der Waals surface area contributed by atoms with Crippen molar-refractivity contribution < 1.29 is 28.7 Å². The zero-order valence-electron chi connectivity index (χ0n) is 13.0. The number of amides is 2. The van der Waals surface area contributed by atoms with E-state index in [1.54, 1.807) is 18.2 Å². The molecule has 0 saturated carbocycles. The van der Waals surface area contributed by atoms with Gasteiger partial charge in [-0.3, -0.25) is 14.4 Å². The highest BCUT2D eigenvalue weighted by molar-refractivity contribution is 6.04. The van der Waals surface area contributed by atoms with Gasteiger partial charge in [0, 0.05) is 6.92 Å². The molecule has 0 aliphatic carbocycles. The van der Waals surface area contributed by atoms with Gasteiger partial charge < -0.3 is 20.1 Å². The zero-order chi connectivity index (χ0) is 17.4. The number of ether oxygens (including phenoxy) is 2. The topological polar surface area (TPSA) is 111 Å². The second kappa shape index (κ2) is 8.52. The van der Waals surface area contributed by atoms with Crippen LogP contribution < -0.4 is 10.6 Å². The van der Waals surface area contributed by atoms with Gasteiger partial charge >= 0.3 is 11.9 Å². The molecule has 0 saturated heterocycles. The van der Waals surface area contributed by atoms with Crippen LogP contribution in [0.2, 0.25) is 0 Å². The van der Waals surface area contributed by atoms with E-state index in [2.05, 4.69) is 20.1 Å². The molecule has 0 fully saturated rings. The lowest BCUT2D eigenvalue weighted by atomic mass is 10.1. The Morgan fingerprint density at radius 1 is 1.09 bits per heavy atom. The van der Waals surface area contributed by atoms with E-state index in [1.165, 1.54) is 20.1 Å². The Hall–Kier alpha value is -2.90. The number of esters is 2. The molecule has 0 spiro atoms. The van der Waals surface area contributed by atoms with E-state index >= 15 is 0 Å². The minimum Gasteiger partial charge on any atom is -0.469 e. The lowest BCUT2D eigenvalue weighted by Crippen LogP contribution is -2.43. The van der Waals surface area contributed by atoms with Crippen LogP contribution in [0.15, 0.2) is 24.3 Å². The van der Waals surface area contributed by atoms with E-state index in [4.69, 9.17) is 0 Å². The number of nitrogens with one attached hydrogen (secondary N) is 2. The third-order valence-corrected chi connectivity index (χ3v) is 2.87. The van der Waals surface area contributed by atoms with Crippen molar-refractivity contribution in [2.24, 2.45) is 0 Å². The summed E-state index contributed by atoms with van der Waals surface area (Å²) in [5.41, 5.74) is 0.445. The van der Waals surface area contributed by atoms with E-state index in [-0.39, 0.29) is 17.9 Å². The quantitative estimate of drug-likeness (QED) is 0.737. The van der Waals surface area contributed by atoms with Crippen LogP contribution in [0, 0.1) is 0 Å². The number of carbonyl (C=O) groups excluding carboxylic acids is 4. The number of carbonyl (C=O) groups is 4. The van der Waals surface area contributed by atoms with Crippen molar-refractivity contribution in [1.82, 2.24) is 5.32 Å². The molecular formula is C15H18N2O6. The fraction of sp³-hybridized carbons (Fsp3) is 0.333. The van der Waals surface area contributed by atoms with Crippen LogP contribution >= 0.6 is 0 Å². The normalized spacial score (nSPS) is 11.1. The van der Waals surface area contributed by atoms with Crippen LogP contribution in [0.4, 0.5) is 5.69 Å². The molecule has 1 aromatic rings. The highest BCUT2D eigenvalue weighted by atomic mass is 16.5. The lowest BCUT2D eigenvalue weighted by Gasteiger charge is -2.16. The Morgan fingerprint density at radius 3 is 2.30 bits per heavy atom. The van der Waals surface area contributed by atoms with Crippen molar-refractivity contribution in [2.45, 2.75) is 19.4 Å². The van der Waals surface area contributed by atoms with Crippen LogP contribution in [0.1, 0.15) is 23.7 Å². The third-order valence-electron chi connectivity index (χ3n) is 2.87. The van der Waals surface area contributed by atoms with Gasteiger partial charge in [-0.2, -0.15) is 0 Å². The molecule has 23 heavy (non-hydrogen) atoms. The molecule has 124 valence electrons. The number of hydrogen-bond donors (Lipinski definition) is 2. The van der Waals surface area contributed by atoms with Gasteiger partial charge in [-0.25, -0.2) is 4.79 Å². The Kier molecular flexibility index (Phi) is 6.72. The number of benzene rings is 1. The Morgan fingerprint density at radius 2 is 1.74 bits per heavy atom. The van der Waals surface area contributed by atoms with Gasteiger partial charge in [0.15, 0.2) is 0 Å².